The molecule has 16 heavy (non-hydrogen) atoms. The SMILES string of the molecule is CN1C(=O)CC(NC(=O)[C@H]2CCCN2)C1=O. The van der Waals surface area contributed by atoms with Gasteiger partial charge in [0.2, 0.25) is 11.8 Å². The molecule has 0 aromatic heterocycles. The summed E-state index contributed by atoms with van der Waals surface area (Å²) in [4.78, 5) is 35.5. The molecule has 3 amide bonds. The Morgan fingerprint density at radius 1 is 1.50 bits per heavy atom. The molecule has 0 radical (unpaired) electrons. The molecule has 2 saturated heterocycles. The number of carbonyl (C=O) groups is 3. The van der Waals surface area contributed by atoms with Gasteiger partial charge >= 0.3 is 0 Å². The fourth-order valence-electron chi connectivity index (χ4n) is 2.05. The summed E-state index contributed by atoms with van der Waals surface area (Å²) >= 11 is 0. The van der Waals surface area contributed by atoms with Gasteiger partial charge in [0.05, 0.1) is 12.5 Å². The van der Waals surface area contributed by atoms with Crippen LogP contribution in [-0.4, -0.2) is 48.3 Å². The highest BCUT2D eigenvalue weighted by Crippen LogP contribution is 2.12. The number of rotatable bonds is 2. The van der Waals surface area contributed by atoms with E-state index >= 15 is 0 Å². The second-order valence-corrected chi connectivity index (χ2v) is 4.21. The summed E-state index contributed by atoms with van der Waals surface area (Å²) in [5.74, 6) is -0.745. The third-order valence-corrected chi connectivity index (χ3v) is 3.07. The molecule has 0 spiro atoms. The van der Waals surface area contributed by atoms with Crippen LogP contribution in [0.3, 0.4) is 0 Å². The van der Waals surface area contributed by atoms with Gasteiger partial charge < -0.3 is 10.6 Å². The standard InChI is InChI=1S/C10H15N3O3/c1-13-8(14)5-7(10(13)16)12-9(15)6-3-2-4-11-6/h6-7,11H,2-5H2,1H3,(H,12,15)/t6-,7?/m1/s1. The Balaban J connectivity index is 1.92. The minimum atomic E-state index is -0.674. The number of likely N-dealkylation sites (N-methyl/N-ethyl adjacent to an activating group) is 1. The van der Waals surface area contributed by atoms with E-state index in [1.54, 1.807) is 0 Å². The third kappa shape index (κ3) is 1.92. The highest BCUT2D eigenvalue weighted by Gasteiger charge is 2.38. The first kappa shape index (κ1) is 11.1. The molecule has 2 heterocycles. The Kier molecular flexibility index (Phi) is 2.91. The molecule has 1 unspecified atom stereocenters. The first-order chi connectivity index (χ1) is 7.59. The summed E-state index contributed by atoms with van der Waals surface area (Å²) in [6.07, 6.45) is 1.83. The van der Waals surface area contributed by atoms with Crippen LogP contribution in [0.5, 0.6) is 0 Å². The van der Waals surface area contributed by atoms with Gasteiger partial charge in [-0.2, -0.15) is 0 Å². The number of likely N-dealkylation sites (tertiary alicyclic amines) is 1. The van der Waals surface area contributed by atoms with Crippen molar-refractivity contribution in [1.29, 1.82) is 0 Å². The maximum absolute atomic E-state index is 11.7. The molecule has 0 aromatic carbocycles. The number of carbonyl (C=O) groups excluding carboxylic acids is 3. The molecule has 6 heteroatoms. The molecule has 2 atom stereocenters. The number of nitrogens with zero attached hydrogens (tertiary/aromatic N) is 1. The van der Waals surface area contributed by atoms with E-state index in [1.807, 2.05) is 0 Å². The zero-order valence-electron chi connectivity index (χ0n) is 9.16. The molecule has 6 nitrogen and oxygen atoms in total. The Morgan fingerprint density at radius 2 is 2.25 bits per heavy atom. The maximum Gasteiger partial charge on any atom is 0.252 e. The normalized spacial score (nSPS) is 29.9. The average Bonchev–Trinajstić information content (AvgIpc) is 2.85. The minimum absolute atomic E-state index is 0.0772. The van der Waals surface area contributed by atoms with Crippen LogP contribution in [0.15, 0.2) is 0 Å². The predicted molar refractivity (Wildman–Crippen MR) is 55.3 cm³/mol. The molecular formula is C10H15N3O3. The summed E-state index contributed by atoms with van der Waals surface area (Å²) in [6.45, 7) is 0.829. The Bertz CT molecular complexity index is 336. The molecule has 2 N–H and O–H groups in total. The molecular weight excluding hydrogens is 210 g/mol. The lowest BCUT2D eigenvalue weighted by Crippen LogP contribution is -2.47. The van der Waals surface area contributed by atoms with Crippen molar-refractivity contribution < 1.29 is 14.4 Å². The van der Waals surface area contributed by atoms with Crippen molar-refractivity contribution in [3.05, 3.63) is 0 Å². The van der Waals surface area contributed by atoms with Crippen LogP contribution >= 0.6 is 0 Å². The quantitative estimate of drug-likeness (QED) is 0.567. The summed E-state index contributed by atoms with van der Waals surface area (Å²) in [7, 11) is 1.44. The summed E-state index contributed by atoms with van der Waals surface area (Å²) in [5, 5.41) is 5.66. The predicted octanol–water partition coefficient (Wildman–Crippen LogP) is -1.39. The second kappa shape index (κ2) is 4.21. The van der Waals surface area contributed by atoms with Gasteiger partial charge in [0.25, 0.3) is 5.91 Å². The first-order valence-electron chi connectivity index (χ1n) is 5.44. The fourth-order valence-corrected chi connectivity index (χ4v) is 2.05. The number of hydrogen-bond donors (Lipinski definition) is 2. The van der Waals surface area contributed by atoms with Gasteiger partial charge in [-0.15, -0.1) is 0 Å². The topological polar surface area (TPSA) is 78.5 Å². The van der Waals surface area contributed by atoms with E-state index in [0.29, 0.717) is 0 Å². The minimum Gasteiger partial charge on any atom is -0.342 e. The zero-order chi connectivity index (χ0) is 11.7. The van der Waals surface area contributed by atoms with Crippen molar-refractivity contribution in [2.24, 2.45) is 0 Å². The lowest BCUT2D eigenvalue weighted by molar-refractivity contribution is -0.138. The Labute approximate surface area is 93.4 Å². The van der Waals surface area contributed by atoms with Crippen LogP contribution in [0, 0.1) is 0 Å². The van der Waals surface area contributed by atoms with Crippen LogP contribution in [0.1, 0.15) is 19.3 Å². The van der Waals surface area contributed by atoms with Crippen LogP contribution in [0.2, 0.25) is 0 Å². The van der Waals surface area contributed by atoms with Gasteiger partial charge in [-0.3, -0.25) is 19.3 Å². The number of hydrogen-bond acceptors (Lipinski definition) is 4. The molecule has 0 aliphatic carbocycles. The van der Waals surface area contributed by atoms with Gasteiger partial charge in [0.1, 0.15) is 6.04 Å². The van der Waals surface area contributed by atoms with Crippen molar-refractivity contribution in [2.45, 2.75) is 31.3 Å². The van der Waals surface area contributed by atoms with Crippen LogP contribution in [-0.2, 0) is 14.4 Å². The van der Waals surface area contributed by atoms with E-state index in [-0.39, 0.29) is 30.2 Å². The first-order valence-corrected chi connectivity index (χ1v) is 5.44. The van der Waals surface area contributed by atoms with Crippen molar-refractivity contribution in [3.63, 3.8) is 0 Å². The van der Waals surface area contributed by atoms with E-state index in [2.05, 4.69) is 10.6 Å². The van der Waals surface area contributed by atoms with E-state index in [1.165, 1.54) is 7.05 Å². The van der Waals surface area contributed by atoms with Gasteiger partial charge in [0.15, 0.2) is 0 Å². The van der Waals surface area contributed by atoms with E-state index < -0.39 is 6.04 Å². The highest BCUT2D eigenvalue weighted by atomic mass is 16.2. The summed E-state index contributed by atoms with van der Waals surface area (Å²) in [6, 6.07) is -0.888. The van der Waals surface area contributed by atoms with Crippen LogP contribution in [0.4, 0.5) is 0 Å². The second-order valence-electron chi connectivity index (χ2n) is 4.21. The smallest absolute Gasteiger partial charge is 0.252 e. The molecule has 2 rings (SSSR count). The van der Waals surface area contributed by atoms with Crippen molar-refractivity contribution in [1.82, 2.24) is 15.5 Å². The van der Waals surface area contributed by atoms with Crippen LogP contribution < -0.4 is 10.6 Å². The molecule has 88 valence electrons. The van der Waals surface area contributed by atoms with Crippen molar-refractivity contribution in [2.75, 3.05) is 13.6 Å². The number of imide groups is 1. The van der Waals surface area contributed by atoms with Gasteiger partial charge in [-0.25, -0.2) is 0 Å². The molecule has 2 fully saturated rings. The average molecular weight is 225 g/mol. The van der Waals surface area contributed by atoms with Gasteiger partial charge in [-0.1, -0.05) is 0 Å². The lowest BCUT2D eigenvalue weighted by Gasteiger charge is -2.14. The zero-order valence-corrected chi connectivity index (χ0v) is 9.16. The van der Waals surface area contributed by atoms with Crippen molar-refractivity contribution >= 4 is 17.7 Å². The molecule has 2 aliphatic rings. The van der Waals surface area contributed by atoms with Gasteiger partial charge in [0, 0.05) is 7.05 Å². The molecule has 0 saturated carbocycles. The number of nitrogens with one attached hydrogen (secondary N) is 2. The fraction of sp³-hybridized carbons (Fsp3) is 0.700. The lowest BCUT2D eigenvalue weighted by atomic mass is 10.2. The van der Waals surface area contributed by atoms with Crippen molar-refractivity contribution in [3.8, 4) is 0 Å². The molecule has 0 bridgehead atoms. The maximum atomic E-state index is 11.7. The van der Waals surface area contributed by atoms with E-state index in [9.17, 15) is 14.4 Å². The summed E-state index contributed by atoms with van der Waals surface area (Å²) in [5.41, 5.74) is 0. The molecule has 0 aromatic rings. The highest BCUT2D eigenvalue weighted by molar-refractivity contribution is 6.06. The molecule has 2 aliphatic heterocycles. The van der Waals surface area contributed by atoms with Gasteiger partial charge in [-0.05, 0) is 19.4 Å². The summed E-state index contributed by atoms with van der Waals surface area (Å²) < 4.78 is 0. The van der Waals surface area contributed by atoms with Crippen LogP contribution in [0.25, 0.3) is 0 Å². The Morgan fingerprint density at radius 3 is 2.75 bits per heavy atom. The third-order valence-electron chi connectivity index (χ3n) is 3.07. The largest absolute Gasteiger partial charge is 0.342 e. The van der Waals surface area contributed by atoms with E-state index in [0.717, 1.165) is 24.3 Å². The monoisotopic (exact) mass is 225 g/mol. The Hall–Kier alpha value is -1.43. The number of amides is 3. The van der Waals surface area contributed by atoms with E-state index in [4.69, 9.17) is 0 Å².